The molecule has 1 aromatic heterocycles. The first-order valence-electron chi connectivity index (χ1n) is 7.30. The van der Waals surface area contributed by atoms with Crippen LogP contribution in [0.5, 0.6) is 0 Å². The third kappa shape index (κ3) is 2.88. The van der Waals surface area contributed by atoms with Gasteiger partial charge in [0.25, 0.3) is 5.69 Å². The summed E-state index contributed by atoms with van der Waals surface area (Å²) in [4.78, 5) is 33.4. The molecule has 0 atom stereocenters. The molecule has 9 heteroatoms. The van der Waals surface area contributed by atoms with Crippen LogP contribution in [0.1, 0.15) is 20.8 Å². The molecule has 0 amide bonds. The molecular weight excluding hydrogens is 342 g/mol. The third-order valence-electron chi connectivity index (χ3n) is 3.65. The molecule has 0 aliphatic rings. The number of aromatic carboxylic acids is 2. The molecule has 130 valence electrons. The van der Waals surface area contributed by atoms with E-state index in [1.807, 2.05) is 0 Å². The van der Waals surface area contributed by atoms with E-state index < -0.39 is 28.1 Å². The number of non-ortho nitro benzene ring substituents is 1. The highest BCUT2D eigenvalue weighted by Crippen LogP contribution is 2.30. The van der Waals surface area contributed by atoms with Crippen LogP contribution in [0.3, 0.4) is 0 Å². The van der Waals surface area contributed by atoms with Crippen molar-refractivity contribution in [1.82, 2.24) is 9.78 Å². The van der Waals surface area contributed by atoms with Crippen LogP contribution in [-0.4, -0.2) is 36.9 Å². The number of rotatable bonds is 5. The van der Waals surface area contributed by atoms with Gasteiger partial charge in [-0.1, -0.05) is 30.3 Å². The summed E-state index contributed by atoms with van der Waals surface area (Å²) in [5, 5.41) is 33.6. The first kappa shape index (κ1) is 16.8. The fourth-order valence-corrected chi connectivity index (χ4v) is 2.54. The summed E-state index contributed by atoms with van der Waals surface area (Å²) in [5.41, 5.74) is -0.409. The van der Waals surface area contributed by atoms with Gasteiger partial charge in [0.1, 0.15) is 5.56 Å². The monoisotopic (exact) mass is 353 g/mol. The number of carboxylic acid groups (broad SMARTS) is 2. The second kappa shape index (κ2) is 6.48. The van der Waals surface area contributed by atoms with E-state index in [0.29, 0.717) is 11.3 Å². The number of nitro benzene ring substituents is 1. The molecule has 0 saturated carbocycles. The van der Waals surface area contributed by atoms with E-state index in [4.69, 9.17) is 0 Å². The lowest BCUT2D eigenvalue weighted by Crippen LogP contribution is -2.07. The lowest BCUT2D eigenvalue weighted by Gasteiger charge is -2.08. The number of benzene rings is 2. The molecule has 0 spiro atoms. The molecule has 0 fully saturated rings. The van der Waals surface area contributed by atoms with Crippen molar-refractivity contribution in [3.63, 3.8) is 0 Å². The molecule has 0 aliphatic heterocycles. The molecule has 1 heterocycles. The Morgan fingerprint density at radius 1 is 0.962 bits per heavy atom. The fraction of sp³-hybridized carbons (Fsp3) is 0. The molecule has 0 aliphatic carbocycles. The smallest absolute Gasteiger partial charge is 0.357 e. The highest BCUT2D eigenvalue weighted by atomic mass is 16.6. The van der Waals surface area contributed by atoms with Crippen LogP contribution >= 0.6 is 0 Å². The van der Waals surface area contributed by atoms with Gasteiger partial charge in [-0.3, -0.25) is 10.1 Å². The van der Waals surface area contributed by atoms with Gasteiger partial charge in [-0.25, -0.2) is 14.3 Å². The Bertz CT molecular complexity index is 1010. The summed E-state index contributed by atoms with van der Waals surface area (Å²) in [6.45, 7) is 0. The van der Waals surface area contributed by atoms with Crippen molar-refractivity contribution in [2.45, 2.75) is 0 Å². The van der Waals surface area contributed by atoms with Crippen LogP contribution in [0.15, 0.2) is 54.6 Å². The first-order valence-corrected chi connectivity index (χ1v) is 7.30. The van der Waals surface area contributed by atoms with E-state index in [-0.39, 0.29) is 11.4 Å². The quantitative estimate of drug-likeness (QED) is 0.531. The molecule has 26 heavy (non-hydrogen) atoms. The number of nitrogens with zero attached hydrogens (tertiary/aromatic N) is 3. The van der Waals surface area contributed by atoms with Crippen LogP contribution in [0.4, 0.5) is 5.69 Å². The van der Waals surface area contributed by atoms with E-state index in [1.165, 1.54) is 24.3 Å². The fourth-order valence-electron chi connectivity index (χ4n) is 2.54. The largest absolute Gasteiger partial charge is 0.478 e. The summed E-state index contributed by atoms with van der Waals surface area (Å²) < 4.78 is 1.16. The van der Waals surface area contributed by atoms with Gasteiger partial charge in [0.05, 0.1) is 16.3 Å². The second-order valence-corrected chi connectivity index (χ2v) is 5.23. The zero-order valence-electron chi connectivity index (χ0n) is 13.1. The van der Waals surface area contributed by atoms with Crippen LogP contribution in [0.2, 0.25) is 0 Å². The minimum atomic E-state index is -1.49. The standard InChI is InChI=1S/C17H11N3O6/c21-16(22)13-14(17(23)24)18-19(15(13)10-4-2-1-3-5-10)11-6-8-12(9-7-11)20(25)26/h1-9H,(H,21,22)(H,23,24). The van der Waals surface area contributed by atoms with Gasteiger partial charge in [-0.2, -0.15) is 5.10 Å². The number of aromatic nitrogens is 2. The normalized spacial score (nSPS) is 10.5. The Morgan fingerprint density at radius 2 is 1.58 bits per heavy atom. The summed E-state index contributed by atoms with van der Waals surface area (Å²) >= 11 is 0. The molecular formula is C17H11N3O6. The molecule has 0 saturated heterocycles. The van der Waals surface area contributed by atoms with Crippen LogP contribution < -0.4 is 0 Å². The Hall–Kier alpha value is -4.01. The van der Waals surface area contributed by atoms with Crippen molar-refractivity contribution in [1.29, 1.82) is 0 Å². The summed E-state index contributed by atoms with van der Waals surface area (Å²) in [7, 11) is 0. The van der Waals surface area contributed by atoms with Gasteiger partial charge >= 0.3 is 11.9 Å². The third-order valence-corrected chi connectivity index (χ3v) is 3.65. The van der Waals surface area contributed by atoms with Crippen molar-refractivity contribution in [2.24, 2.45) is 0 Å². The Kier molecular flexibility index (Phi) is 4.19. The lowest BCUT2D eigenvalue weighted by molar-refractivity contribution is -0.384. The Labute approximate surface area is 145 Å². The van der Waals surface area contributed by atoms with Gasteiger partial charge in [0.2, 0.25) is 0 Å². The average molecular weight is 353 g/mol. The molecule has 0 unspecified atom stereocenters. The molecule has 3 rings (SSSR count). The predicted molar refractivity (Wildman–Crippen MR) is 89.6 cm³/mol. The van der Waals surface area contributed by atoms with E-state index >= 15 is 0 Å². The zero-order valence-corrected chi connectivity index (χ0v) is 13.1. The minimum Gasteiger partial charge on any atom is -0.478 e. The van der Waals surface area contributed by atoms with Crippen molar-refractivity contribution in [3.8, 4) is 16.9 Å². The maximum absolute atomic E-state index is 11.7. The number of carbonyl (C=O) groups is 2. The van der Waals surface area contributed by atoms with Gasteiger partial charge in [-0.15, -0.1) is 0 Å². The number of nitro groups is 1. The molecule has 0 radical (unpaired) electrons. The maximum Gasteiger partial charge on any atom is 0.357 e. The van der Waals surface area contributed by atoms with Crippen LogP contribution in [0, 0.1) is 10.1 Å². The Morgan fingerprint density at radius 3 is 2.08 bits per heavy atom. The second-order valence-electron chi connectivity index (χ2n) is 5.23. The molecule has 2 N–H and O–H groups in total. The summed E-state index contributed by atoms with van der Waals surface area (Å²) in [6.07, 6.45) is 0. The van der Waals surface area contributed by atoms with Crippen LogP contribution in [-0.2, 0) is 0 Å². The zero-order chi connectivity index (χ0) is 18.8. The maximum atomic E-state index is 11.7. The lowest BCUT2D eigenvalue weighted by atomic mass is 10.1. The van der Waals surface area contributed by atoms with Crippen molar-refractivity contribution in [2.75, 3.05) is 0 Å². The van der Waals surface area contributed by atoms with Crippen molar-refractivity contribution >= 4 is 17.6 Å². The minimum absolute atomic E-state index is 0.0735. The highest BCUT2D eigenvalue weighted by molar-refractivity contribution is 6.05. The highest BCUT2D eigenvalue weighted by Gasteiger charge is 2.29. The van der Waals surface area contributed by atoms with E-state index in [1.54, 1.807) is 30.3 Å². The van der Waals surface area contributed by atoms with E-state index in [2.05, 4.69) is 5.10 Å². The molecule has 0 bridgehead atoms. The average Bonchev–Trinajstić information content (AvgIpc) is 3.03. The Balaban J connectivity index is 2.31. The van der Waals surface area contributed by atoms with E-state index in [0.717, 1.165) is 4.68 Å². The number of carboxylic acids is 2. The van der Waals surface area contributed by atoms with E-state index in [9.17, 15) is 29.9 Å². The van der Waals surface area contributed by atoms with Gasteiger partial charge in [0, 0.05) is 17.7 Å². The predicted octanol–water partition coefficient (Wildman–Crippen LogP) is 2.84. The summed E-state index contributed by atoms with van der Waals surface area (Å²) in [6, 6.07) is 13.5. The van der Waals surface area contributed by atoms with Gasteiger partial charge in [0.15, 0.2) is 5.69 Å². The number of hydrogen-bond acceptors (Lipinski definition) is 5. The number of hydrogen-bond donors (Lipinski definition) is 2. The summed E-state index contributed by atoms with van der Waals surface area (Å²) in [5.74, 6) is -2.92. The van der Waals surface area contributed by atoms with Gasteiger partial charge < -0.3 is 10.2 Å². The topological polar surface area (TPSA) is 136 Å². The first-order chi connectivity index (χ1) is 12.4. The molecule has 2 aromatic carbocycles. The van der Waals surface area contributed by atoms with Crippen molar-refractivity contribution < 1.29 is 24.7 Å². The van der Waals surface area contributed by atoms with Gasteiger partial charge in [-0.05, 0) is 12.1 Å². The van der Waals surface area contributed by atoms with Crippen LogP contribution in [0.25, 0.3) is 16.9 Å². The van der Waals surface area contributed by atoms with Crippen molar-refractivity contribution in [3.05, 3.63) is 76.0 Å². The molecule has 3 aromatic rings. The SMILES string of the molecule is O=C(O)c1nn(-c2ccc([N+](=O)[O-])cc2)c(-c2ccccc2)c1C(=O)O. The molecule has 9 nitrogen and oxygen atoms in total.